The second-order valence-corrected chi connectivity index (χ2v) is 5.57. The standard InChI is InChI=1S/C14H15BrClN3O/c1-3-6-17-13-8-14(19-9(2)18-13)20-12-7-10(15)4-5-11(12)16/h4-5,7-8H,3,6H2,1-2H3,(H,17,18,19). The molecule has 6 heteroatoms. The summed E-state index contributed by atoms with van der Waals surface area (Å²) in [5, 5.41) is 3.75. The topological polar surface area (TPSA) is 47.0 Å². The quantitative estimate of drug-likeness (QED) is 0.834. The Bertz CT molecular complexity index is 607. The van der Waals surface area contributed by atoms with Crippen LogP contribution < -0.4 is 10.1 Å². The number of hydrogen-bond acceptors (Lipinski definition) is 4. The summed E-state index contributed by atoms with van der Waals surface area (Å²) >= 11 is 9.49. The first kappa shape index (κ1) is 15.1. The van der Waals surface area contributed by atoms with Gasteiger partial charge in [-0.1, -0.05) is 34.5 Å². The number of nitrogens with zero attached hydrogens (tertiary/aromatic N) is 2. The maximum Gasteiger partial charge on any atom is 0.224 e. The molecule has 2 aromatic rings. The highest BCUT2D eigenvalue weighted by Gasteiger charge is 2.07. The van der Waals surface area contributed by atoms with Crippen LogP contribution in [0.15, 0.2) is 28.7 Å². The number of benzene rings is 1. The zero-order valence-electron chi connectivity index (χ0n) is 11.3. The van der Waals surface area contributed by atoms with E-state index in [4.69, 9.17) is 16.3 Å². The van der Waals surface area contributed by atoms with Gasteiger partial charge in [-0.05, 0) is 31.5 Å². The van der Waals surface area contributed by atoms with E-state index in [0.29, 0.717) is 22.5 Å². The molecular formula is C14H15BrClN3O. The van der Waals surface area contributed by atoms with Gasteiger partial charge in [-0.2, -0.15) is 4.98 Å². The van der Waals surface area contributed by atoms with Crippen molar-refractivity contribution in [1.29, 1.82) is 0 Å². The Morgan fingerprint density at radius 2 is 2.10 bits per heavy atom. The number of aryl methyl sites for hydroxylation is 1. The van der Waals surface area contributed by atoms with E-state index >= 15 is 0 Å². The van der Waals surface area contributed by atoms with E-state index in [2.05, 4.69) is 38.1 Å². The number of halogens is 2. The van der Waals surface area contributed by atoms with Crippen LogP contribution in [0.3, 0.4) is 0 Å². The Morgan fingerprint density at radius 1 is 1.30 bits per heavy atom. The highest BCUT2D eigenvalue weighted by Crippen LogP contribution is 2.31. The molecule has 0 aliphatic heterocycles. The zero-order chi connectivity index (χ0) is 14.5. The van der Waals surface area contributed by atoms with Gasteiger partial charge in [-0.15, -0.1) is 0 Å². The zero-order valence-corrected chi connectivity index (χ0v) is 13.6. The molecule has 0 saturated carbocycles. The van der Waals surface area contributed by atoms with Gasteiger partial charge in [0.1, 0.15) is 17.4 Å². The van der Waals surface area contributed by atoms with Crippen LogP contribution in [-0.2, 0) is 0 Å². The monoisotopic (exact) mass is 355 g/mol. The third kappa shape index (κ3) is 4.08. The summed E-state index contributed by atoms with van der Waals surface area (Å²) in [6, 6.07) is 7.19. The lowest BCUT2D eigenvalue weighted by Gasteiger charge is -2.10. The molecule has 0 saturated heterocycles. The molecule has 0 amide bonds. The van der Waals surface area contributed by atoms with E-state index in [0.717, 1.165) is 23.3 Å². The predicted molar refractivity (Wildman–Crippen MR) is 84.8 cm³/mol. The molecule has 0 aliphatic rings. The molecule has 20 heavy (non-hydrogen) atoms. The van der Waals surface area contributed by atoms with Crippen molar-refractivity contribution in [2.75, 3.05) is 11.9 Å². The van der Waals surface area contributed by atoms with Crippen LogP contribution in [0.2, 0.25) is 5.02 Å². The molecule has 1 aromatic heterocycles. The van der Waals surface area contributed by atoms with Gasteiger partial charge in [0.05, 0.1) is 5.02 Å². The normalized spacial score (nSPS) is 10.4. The number of anilines is 1. The lowest BCUT2D eigenvalue weighted by Crippen LogP contribution is -2.04. The summed E-state index contributed by atoms with van der Waals surface area (Å²) in [4.78, 5) is 8.57. The fraction of sp³-hybridized carbons (Fsp3) is 0.286. The molecule has 0 radical (unpaired) electrons. The Balaban J connectivity index is 2.24. The van der Waals surface area contributed by atoms with E-state index < -0.39 is 0 Å². The first-order chi connectivity index (χ1) is 9.58. The molecular weight excluding hydrogens is 342 g/mol. The van der Waals surface area contributed by atoms with Crippen molar-refractivity contribution in [3.63, 3.8) is 0 Å². The van der Waals surface area contributed by atoms with Crippen LogP contribution in [0.4, 0.5) is 5.82 Å². The van der Waals surface area contributed by atoms with Gasteiger partial charge in [0, 0.05) is 17.1 Å². The maximum absolute atomic E-state index is 6.10. The lowest BCUT2D eigenvalue weighted by atomic mass is 10.3. The van der Waals surface area contributed by atoms with Crippen LogP contribution in [0, 0.1) is 6.92 Å². The molecule has 2 rings (SSSR count). The number of nitrogens with one attached hydrogen (secondary N) is 1. The number of rotatable bonds is 5. The summed E-state index contributed by atoms with van der Waals surface area (Å²) in [7, 11) is 0. The van der Waals surface area contributed by atoms with E-state index in [9.17, 15) is 0 Å². The van der Waals surface area contributed by atoms with Gasteiger partial charge in [0.2, 0.25) is 5.88 Å². The van der Waals surface area contributed by atoms with Gasteiger partial charge in [-0.25, -0.2) is 4.98 Å². The molecule has 0 bridgehead atoms. The molecule has 1 heterocycles. The molecule has 0 fully saturated rings. The van der Waals surface area contributed by atoms with Crippen LogP contribution in [-0.4, -0.2) is 16.5 Å². The molecule has 1 N–H and O–H groups in total. The van der Waals surface area contributed by atoms with Gasteiger partial charge >= 0.3 is 0 Å². The van der Waals surface area contributed by atoms with Gasteiger partial charge in [0.15, 0.2) is 0 Å². The first-order valence-corrected chi connectivity index (χ1v) is 7.48. The minimum atomic E-state index is 0.469. The maximum atomic E-state index is 6.10. The largest absolute Gasteiger partial charge is 0.437 e. The lowest BCUT2D eigenvalue weighted by molar-refractivity contribution is 0.460. The SMILES string of the molecule is CCCNc1cc(Oc2cc(Br)ccc2Cl)nc(C)n1. The molecule has 4 nitrogen and oxygen atoms in total. The first-order valence-electron chi connectivity index (χ1n) is 6.31. The van der Waals surface area contributed by atoms with Gasteiger partial charge in [0.25, 0.3) is 0 Å². The van der Waals surface area contributed by atoms with Crippen molar-refractivity contribution in [2.24, 2.45) is 0 Å². The van der Waals surface area contributed by atoms with Crippen LogP contribution >= 0.6 is 27.5 Å². The Labute approximate surface area is 131 Å². The Hall–Kier alpha value is -1.33. The number of aromatic nitrogens is 2. The molecule has 0 aliphatic carbocycles. The fourth-order valence-electron chi connectivity index (χ4n) is 1.60. The van der Waals surface area contributed by atoms with Crippen molar-refractivity contribution in [1.82, 2.24) is 9.97 Å². The Kier molecular flexibility index (Phi) is 5.20. The van der Waals surface area contributed by atoms with E-state index in [1.807, 2.05) is 13.0 Å². The minimum absolute atomic E-state index is 0.469. The fourth-order valence-corrected chi connectivity index (χ4v) is 2.10. The highest BCUT2D eigenvalue weighted by molar-refractivity contribution is 9.10. The second-order valence-electron chi connectivity index (χ2n) is 4.24. The summed E-state index contributed by atoms with van der Waals surface area (Å²) < 4.78 is 6.63. The van der Waals surface area contributed by atoms with E-state index in [-0.39, 0.29) is 0 Å². The highest BCUT2D eigenvalue weighted by atomic mass is 79.9. The van der Waals surface area contributed by atoms with E-state index in [1.165, 1.54) is 0 Å². The summed E-state index contributed by atoms with van der Waals surface area (Å²) in [6.45, 7) is 4.78. The van der Waals surface area contributed by atoms with Crippen molar-refractivity contribution in [3.05, 3.63) is 39.6 Å². The van der Waals surface area contributed by atoms with Crippen LogP contribution in [0.25, 0.3) is 0 Å². The van der Waals surface area contributed by atoms with Crippen molar-refractivity contribution < 1.29 is 4.74 Å². The molecule has 0 spiro atoms. The van der Waals surface area contributed by atoms with Crippen molar-refractivity contribution >= 4 is 33.3 Å². The van der Waals surface area contributed by atoms with Crippen LogP contribution in [0.1, 0.15) is 19.2 Å². The molecule has 1 aromatic carbocycles. The van der Waals surface area contributed by atoms with Gasteiger partial charge < -0.3 is 10.1 Å². The van der Waals surface area contributed by atoms with Gasteiger partial charge in [-0.3, -0.25) is 0 Å². The summed E-state index contributed by atoms with van der Waals surface area (Å²) in [5.74, 6) is 2.42. The second kappa shape index (κ2) is 6.90. The predicted octanol–water partition coefficient (Wildman–Crippen LogP) is 4.82. The minimum Gasteiger partial charge on any atom is -0.437 e. The average Bonchev–Trinajstić information content (AvgIpc) is 2.40. The number of ether oxygens (including phenoxy) is 1. The van der Waals surface area contributed by atoms with Crippen LogP contribution in [0.5, 0.6) is 11.6 Å². The van der Waals surface area contributed by atoms with E-state index in [1.54, 1.807) is 18.2 Å². The molecule has 0 unspecified atom stereocenters. The van der Waals surface area contributed by atoms with Crippen molar-refractivity contribution in [3.8, 4) is 11.6 Å². The molecule has 106 valence electrons. The average molecular weight is 357 g/mol. The number of hydrogen-bond donors (Lipinski definition) is 1. The summed E-state index contributed by atoms with van der Waals surface area (Å²) in [5.41, 5.74) is 0. The smallest absolute Gasteiger partial charge is 0.224 e. The third-order valence-corrected chi connectivity index (χ3v) is 3.28. The van der Waals surface area contributed by atoms with Crippen molar-refractivity contribution in [2.45, 2.75) is 20.3 Å². The molecule has 0 atom stereocenters. The third-order valence-electron chi connectivity index (χ3n) is 2.48. The Morgan fingerprint density at radius 3 is 2.85 bits per heavy atom. The summed E-state index contributed by atoms with van der Waals surface area (Å²) in [6.07, 6.45) is 1.02.